The van der Waals surface area contributed by atoms with Crippen molar-refractivity contribution in [2.45, 2.75) is 6.54 Å². The number of carbonyl (C=O) groups is 1. The van der Waals surface area contributed by atoms with Gasteiger partial charge in [-0.3, -0.25) is 14.9 Å². The molecule has 94 valence electrons. The minimum absolute atomic E-state index is 0.0512. The highest BCUT2D eigenvalue weighted by molar-refractivity contribution is 6.00. The maximum atomic E-state index is 11.6. The smallest absolute Gasteiger partial charge is 0.277 e. The van der Waals surface area contributed by atoms with Crippen molar-refractivity contribution in [3.8, 4) is 11.1 Å². The van der Waals surface area contributed by atoms with Gasteiger partial charge in [-0.1, -0.05) is 24.3 Å². The first kappa shape index (κ1) is 11.4. The van der Waals surface area contributed by atoms with Gasteiger partial charge in [0.1, 0.15) is 0 Å². The van der Waals surface area contributed by atoms with Gasteiger partial charge in [0.25, 0.3) is 11.6 Å². The quantitative estimate of drug-likeness (QED) is 0.661. The first-order chi connectivity index (χ1) is 9.18. The molecule has 0 atom stereocenters. The van der Waals surface area contributed by atoms with Crippen molar-refractivity contribution in [2.24, 2.45) is 0 Å². The lowest BCUT2D eigenvalue weighted by molar-refractivity contribution is -0.384. The summed E-state index contributed by atoms with van der Waals surface area (Å²) >= 11 is 0. The lowest BCUT2D eigenvalue weighted by atomic mass is 9.96. The van der Waals surface area contributed by atoms with Crippen molar-refractivity contribution in [3.63, 3.8) is 0 Å². The van der Waals surface area contributed by atoms with Gasteiger partial charge in [-0.2, -0.15) is 0 Å². The summed E-state index contributed by atoms with van der Waals surface area (Å²) < 4.78 is 0. The molecule has 1 aliphatic rings. The summed E-state index contributed by atoms with van der Waals surface area (Å²) in [5.74, 6) is -0.129. The number of nitro benzene ring substituents is 1. The summed E-state index contributed by atoms with van der Waals surface area (Å²) in [6, 6.07) is 11.8. The van der Waals surface area contributed by atoms with Gasteiger partial charge in [-0.05, 0) is 23.3 Å². The second-order valence-electron chi connectivity index (χ2n) is 4.29. The molecule has 1 aliphatic heterocycles. The van der Waals surface area contributed by atoms with Crippen LogP contribution in [0.5, 0.6) is 0 Å². The fourth-order valence-electron chi connectivity index (χ4n) is 2.37. The van der Waals surface area contributed by atoms with Gasteiger partial charge in [0, 0.05) is 18.2 Å². The highest BCUT2D eigenvalue weighted by Crippen LogP contribution is 2.34. The minimum Gasteiger partial charge on any atom is -0.348 e. The number of nitro groups is 1. The van der Waals surface area contributed by atoms with Gasteiger partial charge < -0.3 is 5.32 Å². The van der Waals surface area contributed by atoms with E-state index in [-0.39, 0.29) is 11.6 Å². The molecule has 2 aromatic rings. The molecule has 0 aromatic heterocycles. The van der Waals surface area contributed by atoms with E-state index in [1.54, 1.807) is 36.4 Å². The van der Waals surface area contributed by atoms with Crippen molar-refractivity contribution in [2.75, 3.05) is 0 Å². The van der Waals surface area contributed by atoms with Crippen LogP contribution in [0.2, 0.25) is 0 Å². The number of hydrogen-bond acceptors (Lipinski definition) is 3. The summed E-state index contributed by atoms with van der Waals surface area (Å²) in [6.07, 6.45) is 0. The normalized spacial score (nSPS) is 12.9. The molecule has 0 fully saturated rings. The fraction of sp³-hybridized carbons (Fsp3) is 0.0714. The Morgan fingerprint density at radius 3 is 2.47 bits per heavy atom. The van der Waals surface area contributed by atoms with E-state index in [0.29, 0.717) is 17.7 Å². The van der Waals surface area contributed by atoms with Gasteiger partial charge in [0.15, 0.2) is 0 Å². The maximum absolute atomic E-state index is 11.6. The van der Waals surface area contributed by atoms with Crippen LogP contribution < -0.4 is 5.32 Å². The second-order valence-corrected chi connectivity index (χ2v) is 4.29. The monoisotopic (exact) mass is 254 g/mol. The molecule has 0 saturated heterocycles. The van der Waals surface area contributed by atoms with Gasteiger partial charge in [0.05, 0.1) is 10.5 Å². The third kappa shape index (κ3) is 1.76. The first-order valence-corrected chi connectivity index (χ1v) is 5.82. The summed E-state index contributed by atoms with van der Waals surface area (Å²) in [4.78, 5) is 22.3. The third-order valence-electron chi connectivity index (χ3n) is 3.24. The Kier molecular flexibility index (Phi) is 2.52. The van der Waals surface area contributed by atoms with Crippen molar-refractivity contribution in [3.05, 3.63) is 63.7 Å². The Morgan fingerprint density at radius 1 is 1.00 bits per heavy atom. The average Bonchev–Trinajstić information content (AvgIpc) is 2.81. The zero-order valence-electron chi connectivity index (χ0n) is 9.92. The van der Waals surface area contributed by atoms with E-state index in [9.17, 15) is 14.9 Å². The Balaban J connectivity index is 2.25. The van der Waals surface area contributed by atoms with Crippen molar-refractivity contribution >= 4 is 11.6 Å². The SMILES string of the molecule is O=C1NCc2c1cccc2-c1ccccc1[N+](=O)[O-]. The largest absolute Gasteiger partial charge is 0.348 e. The van der Waals surface area contributed by atoms with E-state index >= 15 is 0 Å². The summed E-state index contributed by atoms with van der Waals surface area (Å²) in [5, 5.41) is 13.8. The summed E-state index contributed by atoms with van der Waals surface area (Å²) in [5.41, 5.74) is 2.75. The van der Waals surface area contributed by atoms with E-state index in [1.165, 1.54) is 6.07 Å². The predicted molar refractivity (Wildman–Crippen MR) is 69.7 cm³/mol. The summed E-state index contributed by atoms with van der Waals surface area (Å²) in [7, 11) is 0. The Morgan fingerprint density at radius 2 is 1.68 bits per heavy atom. The molecule has 1 amide bonds. The van der Waals surface area contributed by atoms with Gasteiger partial charge in [-0.15, -0.1) is 0 Å². The minimum atomic E-state index is -0.404. The van der Waals surface area contributed by atoms with Crippen LogP contribution in [0.4, 0.5) is 5.69 Å². The van der Waals surface area contributed by atoms with Gasteiger partial charge >= 0.3 is 0 Å². The molecule has 5 nitrogen and oxygen atoms in total. The van der Waals surface area contributed by atoms with E-state index < -0.39 is 4.92 Å². The molecule has 5 heteroatoms. The molecule has 0 radical (unpaired) electrons. The fourth-order valence-corrected chi connectivity index (χ4v) is 2.37. The predicted octanol–water partition coefficient (Wildman–Crippen LogP) is 2.51. The molecule has 0 unspecified atom stereocenters. The van der Waals surface area contributed by atoms with Gasteiger partial charge in [-0.25, -0.2) is 0 Å². The number of hydrogen-bond donors (Lipinski definition) is 1. The molecule has 1 N–H and O–H groups in total. The number of rotatable bonds is 2. The molecule has 19 heavy (non-hydrogen) atoms. The highest BCUT2D eigenvalue weighted by Gasteiger charge is 2.24. The van der Waals surface area contributed by atoms with Crippen LogP contribution in [0, 0.1) is 10.1 Å². The lowest BCUT2D eigenvalue weighted by Gasteiger charge is -2.07. The Bertz CT molecular complexity index is 695. The number of benzene rings is 2. The molecule has 3 rings (SSSR count). The number of nitrogens with zero attached hydrogens (tertiary/aromatic N) is 1. The van der Waals surface area contributed by atoms with Crippen molar-refractivity contribution in [1.29, 1.82) is 0 Å². The number of fused-ring (bicyclic) bond motifs is 1. The molecular formula is C14H10N2O3. The van der Waals surface area contributed by atoms with Crippen LogP contribution in [-0.4, -0.2) is 10.8 Å². The van der Waals surface area contributed by atoms with Crippen molar-refractivity contribution < 1.29 is 9.72 Å². The van der Waals surface area contributed by atoms with Crippen LogP contribution in [0.15, 0.2) is 42.5 Å². The Labute approximate surface area is 109 Å². The average molecular weight is 254 g/mol. The lowest BCUT2D eigenvalue weighted by Crippen LogP contribution is -2.12. The maximum Gasteiger partial charge on any atom is 0.277 e. The van der Waals surface area contributed by atoms with E-state index in [4.69, 9.17) is 0 Å². The molecule has 0 saturated carbocycles. The topological polar surface area (TPSA) is 72.2 Å². The van der Waals surface area contributed by atoms with Gasteiger partial charge in [0.2, 0.25) is 0 Å². The number of carbonyl (C=O) groups excluding carboxylic acids is 1. The van der Waals surface area contributed by atoms with Crippen LogP contribution >= 0.6 is 0 Å². The standard InChI is InChI=1S/C14H10N2O3/c17-14-11-6-3-5-9(12(11)8-15-14)10-4-1-2-7-13(10)16(18)19/h1-7H,8H2,(H,15,17). The molecule has 0 bridgehead atoms. The van der Waals surface area contributed by atoms with Crippen molar-refractivity contribution in [1.82, 2.24) is 5.32 Å². The summed E-state index contributed by atoms with van der Waals surface area (Å²) in [6.45, 7) is 0.413. The van der Waals surface area contributed by atoms with Crippen LogP contribution in [0.1, 0.15) is 15.9 Å². The zero-order valence-corrected chi connectivity index (χ0v) is 9.92. The van der Waals surface area contributed by atoms with E-state index in [1.807, 2.05) is 0 Å². The first-order valence-electron chi connectivity index (χ1n) is 5.82. The van der Waals surface area contributed by atoms with E-state index in [2.05, 4.69) is 5.32 Å². The van der Waals surface area contributed by atoms with Crippen LogP contribution in [0.25, 0.3) is 11.1 Å². The molecule has 2 aromatic carbocycles. The zero-order chi connectivity index (χ0) is 13.4. The molecule has 0 aliphatic carbocycles. The molecular weight excluding hydrogens is 244 g/mol. The molecule has 1 heterocycles. The Hall–Kier alpha value is -2.69. The van der Waals surface area contributed by atoms with Crippen LogP contribution in [0.3, 0.4) is 0 Å². The number of nitrogens with one attached hydrogen (secondary N) is 1. The van der Waals surface area contributed by atoms with E-state index in [0.717, 1.165) is 11.1 Å². The third-order valence-corrected chi connectivity index (χ3v) is 3.24. The molecule has 0 spiro atoms. The number of amides is 1. The highest BCUT2D eigenvalue weighted by atomic mass is 16.6. The van der Waals surface area contributed by atoms with Crippen LogP contribution in [-0.2, 0) is 6.54 Å². The number of para-hydroxylation sites is 1. The second kappa shape index (κ2) is 4.20.